The molecule has 0 aliphatic carbocycles. The number of nitrogens with one attached hydrogen (secondary N) is 1. The summed E-state index contributed by atoms with van der Waals surface area (Å²) in [6.45, 7) is 8.16. The number of halogens is 1. The molecule has 2 heterocycles. The van der Waals surface area contributed by atoms with Crippen molar-refractivity contribution >= 4 is 24.2 Å². The van der Waals surface area contributed by atoms with Gasteiger partial charge in [0.2, 0.25) is 11.8 Å². The van der Waals surface area contributed by atoms with Crippen LogP contribution in [0.2, 0.25) is 0 Å². The fourth-order valence-electron chi connectivity index (χ4n) is 2.46. The van der Waals surface area contributed by atoms with Crippen LogP contribution in [0.15, 0.2) is 0 Å². The van der Waals surface area contributed by atoms with E-state index < -0.39 is 0 Å². The van der Waals surface area contributed by atoms with Gasteiger partial charge in [-0.3, -0.25) is 9.59 Å². The molecule has 0 aromatic carbocycles. The van der Waals surface area contributed by atoms with Crippen LogP contribution in [0.5, 0.6) is 0 Å². The monoisotopic (exact) mass is 305 g/mol. The molecule has 0 aromatic rings. The van der Waals surface area contributed by atoms with Gasteiger partial charge >= 0.3 is 0 Å². The molecule has 0 spiro atoms. The number of carbonyl (C=O) groups is 2. The van der Waals surface area contributed by atoms with E-state index in [4.69, 9.17) is 4.74 Å². The Kier molecular flexibility index (Phi) is 6.71. The third kappa shape index (κ3) is 4.07. The molecule has 2 fully saturated rings. The number of carbonyl (C=O) groups excluding carboxylic acids is 2. The smallest absolute Gasteiger partial charge is 0.242 e. The molecule has 20 heavy (non-hydrogen) atoms. The summed E-state index contributed by atoms with van der Waals surface area (Å²) in [7, 11) is 0. The molecule has 7 heteroatoms. The first-order chi connectivity index (χ1) is 9.09. The zero-order valence-corrected chi connectivity index (χ0v) is 12.9. The molecule has 2 rings (SSSR count). The lowest BCUT2D eigenvalue weighted by Crippen LogP contribution is -2.58. The lowest BCUT2D eigenvalue weighted by atomic mass is 10.1. The van der Waals surface area contributed by atoms with Gasteiger partial charge in [0.25, 0.3) is 0 Å². The number of rotatable bonds is 2. The summed E-state index contributed by atoms with van der Waals surface area (Å²) < 4.78 is 5.31. The lowest BCUT2D eigenvalue weighted by Gasteiger charge is -2.37. The van der Waals surface area contributed by atoms with Gasteiger partial charge in [-0.1, -0.05) is 13.8 Å². The van der Waals surface area contributed by atoms with E-state index in [1.54, 1.807) is 0 Å². The Morgan fingerprint density at radius 2 is 1.75 bits per heavy atom. The van der Waals surface area contributed by atoms with Crippen LogP contribution in [0.4, 0.5) is 0 Å². The van der Waals surface area contributed by atoms with E-state index in [2.05, 4.69) is 5.32 Å². The highest BCUT2D eigenvalue weighted by Gasteiger charge is 2.30. The standard InChI is InChI=1S/C13H23N3O3.ClH/c1-10(2)12(17)15-4-6-16(7-5-15)13(18)11-9-19-8-3-14-11;/h10-11,14H,3-9H2,1-2H3;1H. The van der Waals surface area contributed by atoms with Crippen molar-refractivity contribution in [2.45, 2.75) is 19.9 Å². The average molecular weight is 306 g/mol. The van der Waals surface area contributed by atoms with E-state index in [9.17, 15) is 9.59 Å². The highest BCUT2D eigenvalue weighted by molar-refractivity contribution is 5.85. The van der Waals surface area contributed by atoms with Crippen molar-refractivity contribution in [3.63, 3.8) is 0 Å². The molecule has 116 valence electrons. The van der Waals surface area contributed by atoms with Crippen LogP contribution in [-0.2, 0) is 14.3 Å². The third-order valence-corrected chi connectivity index (χ3v) is 3.62. The van der Waals surface area contributed by atoms with Gasteiger partial charge in [0.15, 0.2) is 0 Å². The molecule has 0 aromatic heterocycles. The molecular formula is C13H24ClN3O3. The number of ether oxygens (including phenoxy) is 1. The van der Waals surface area contributed by atoms with Gasteiger partial charge in [0.05, 0.1) is 13.2 Å². The summed E-state index contributed by atoms with van der Waals surface area (Å²) in [4.78, 5) is 27.8. The van der Waals surface area contributed by atoms with E-state index in [0.717, 1.165) is 6.54 Å². The zero-order valence-electron chi connectivity index (χ0n) is 12.1. The highest BCUT2D eigenvalue weighted by atomic mass is 35.5. The Labute approximate surface area is 126 Å². The van der Waals surface area contributed by atoms with E-state index in [0.29, 0.717) is 39.4 Å². The minimum absolute atomic E-state index is 0. The second kappa shape index (κ2) is 7.81. The summed E-state index contributed by atoms with van der Waals surface area (Å²) in [5, 5.41) is 3.17. The molecule has 0 bridgehead atoms. The Hall–Kier alpha value is -0.850. The fourth-order valence-corrected chi connectivity index (χ4v) is 2.46. The van der Waals surface area contributed by atoms with E-state index in [1.165, 1.54) is 0 Å². The van der Waals surface area contributed by atoms with Crippen LogP contribution in [0, 0.1) is 5.92 Å². The maximum Gasteiger partial charge on any atom is 0.242 e. The number of hydrogen-bond donors (Lipinski definition) is 1. The molecular weight excluding hydrogens is 282 g/mol. The number of amides is 2. The third-order valence-electron chi connectivity index (χ3n) is 3.62. The van der Waals surface area contributed by atoms with Crippen molar-refractivity contribution in [3.8, 4) is 0 Å². The molecule has 2 amide bonds. The molecule has 2 saturated heterocycles. The van der Waals surface area contributed by atoms with E-state index in [-0.39, 0.29) is 36.2 Å². The Balaban J connectivity index is 0.00000200. The van der Waals surface area contributed by atoms with Crippen molar-refractivity contribution in [3.05, 3.63) is 0 Å². The van der Waals surface area contributed by atoms with Gasteiger partial charge in [-0.25, -0.2) is 0 Å². The predicted molar refractivity (Wildman–Crippen MR) is 77.9 cm³/mol. The van der Waals surface area contributed by atoms with Crippen molar-refractivity contribution < 1.29 is 14.3 Å². The summed E-state index contributed by atoms with van der Waals surface area (Å²) in [5.41, 5.74) is 0. The molecule has 1 atom stereocenters. The summed E-state index contributed by atoms with van der Waals surface area (Å²) in [6, 6.07) is -0.221. The number of hydrogen-bond acceptors (Lipinski definition) is 4. The second-order valence-electron chi connectivity index (χ2n) is 5.39. The minimum atomic E-state index is -0.221. The normalized spacial score (nSPS) is 23.4. The molecule has 6 nitrogen and oxygen atoms in total. The first-order valence-electron chi connectivity index (χ1n) is 6.98. The molecule has 1 unspecified atom stereocenters. The van der Waals surface area contributed by atoms with E-state index in [1.807, 2.05) is 23.6 Å². The van der Waals surface area contributed by atoms with E-state index >= 15 is 0 Å². The summed E-state index contributed by atoms with van der Waals surface area (Å²) in [5.74, 6) is 0.290. The van der Waals surface area contributed by atoms with Crippen LogP contribution in [0.25, 0.3) is 0 Å². The quantitative estimate of drug-likeness (QED) is 0.762. The van der Waals surface area contributed by atoms with Crippen LogP contribution < -0.4 is 5.32 Å². The lowest BCUT2D eigenvalue weighted by molar-refractivity contribution is -0.144. The van der Waals surface area contributed by atoms with Crippen LogP contribution in [0.1, 0.15) is 13.8 Å². The number of morpholine rings is 1. The van der Waals surface area contributed by atoms with Gasteiger partial charge in [-0.05, 0) is 0 Å². The topological polar surface area (TPSA) is 61.9 Å². The highest BCUT2D eigenvalue weighted by Crippen LogP contribution is 2.09. The predicted octanol–water partition coefficient (Wildman–Crippen LogP) is -0.277. The maximum atomic E-state index is 12.2. The molecule has 0 saturated carbocycles. The maximum absolute atomic E-state index is 12.2. The Bertz CT molecular complexity index is 338. The number of nitrogens with zero attached hydrogens (tertiary/aromatic N) is 2. The fraction of sp³-hybridized carbons (Fsp3) is 0.846. The van der Waals surface area contributed by atoms with Gasteiger partial charge in [0.1, 0.15) is 6.04 Å². The Morgan fingerprint density at radius 1 is 1.15 bits per heavy atom. The first kappa shape index (κ1) is 17.2. The summed E-state index contributed by atoms with van der Waals surface area (Å²) >= 11 is 0. The average Bonchev–Trinajstić information content (AvgIpc) is 2.46. The van der Waals surface area contributed by atoms with Crippen molar-refractivity contribution in [1.29, 1.82) is 0 Å². The van der Waals surface area contributed by atoms with Crippen molar-refractivity contribution in [1.82, 2.24) is 15.1 Å². The van der Waals surface area contributed by atoms with Crippen LogP contribution in [-0.4, -0.2) is 73.6 Å². The zero-order chi connectivity index (χ0) is 13.8. The SMILES string of the molecule is CC(C)C(=O)N1CCN(C(=O)C2COCCN2)CC1.Cl. The largest absolute Gasteiger partial charge is 0.378 e. The van der Waals surface area contributed by atoms with Gasteiger partial charge in [0, 0.05) is 38.6 Å². The van der Waals surface area contributed by atoms with Crippen molar-refractivity contribution in [2.75, 3.05) is 45.9 Å². The second-order valence-corrected chi connectivity index (χ2v) is 5.39. The van der Waals surface area contributed by atoms with Crippen LogP contribution >= 0.6 is 12.4 Å². The van der Waals surface area contributed by atoms with Gasteiger partial charge in [-0.15, -0.1) is 12.4 Å². The molecule has 0 radical (unpaired) electrons. The van der Waals surface area contributed by atoms with Gasteiger partial charge in [-0.2, -0.15) is 0 Å². The summed E-state index contributed by atoms with van der Waals surface area (Å²) in [6.07, 6.45) is 0. The molecule has 2 aliphatic heterocycles. The minimum Gasteiger partial charge on any atom is -0.378 e. The van der Waals surface area contributed by atoms with Crippen LogP contribution in [0.3, 0.4) is 0 Å². The Morgan fingerprint density at radius 3 is 2.25 bits per heavy atom. The van der Waals surface area contributed by atoms with Gasteiger partial charge < -0.3 is 19.9 Å². The van der Waals surface area contributed by atoms with Crippen molar-refractivity contribution in [2.24, 2.45) is 5.92 Å². The molecule has 1 N–H and O–H groups in total. The first-order valence-corrected chi connectivity index (χ1v) is 6.98. The molecule has 2 aliphatic rings. The number of piperazine rings is 1.